The van der Waals surface area contributed by atoms with Crippen molar-refractivity contribution in [3.8, 4) is 11.6 Å². The summed E-state index contributed by atoms with van der Waals surface area (Å²) in [6, 6.07) is 3.77. The zero-order valence-corrected chi connectivity index (χ0v) is 16.1. The van der Waals surface area contributed by atoms with Crippen molar-refractivity contribution in [3.05, 3.63) is 18.4 Å². The Kier molecular flexibility index (Phi) is 7.71. The number of hydrogen-bond donors (Lipinski definition) is 2. The van der Waals surface area contributed by atoms with Crippen LogP contribution in [0.5, 0.6) is 0 Å². The van der Waals surface area contributed by atoms with Gasteiger partial charge >= 0.3 is 0 Å². The van der Waals surface area contributed by atoms with Crippen LogP contribution in [-0.4, -0.2) is 44.9 Å². The van der Waals surface area contributed by atoms with Crippen molar-refractivity contribution in [2.24, 2.45) is 0 Å². The molecule has 8 nitrogen and oxygen atoms in total. The Hall–Kier alpha value is -2.29. The Bertz CT molecular complexity index is 714. The summed E-state index contributed by atoms with van der Waals surface area (Å²) in [6.45, 7) is 6.93. The first-order valence-electron chi connectivity index (χ1n) is 8.71. The van der Waals surface area contributed by atoms with Crippen LogP contribution in [0.25, 0.3) is 11.6 Å². The van der Waals surface area contributed by atoms with Gasteiger partial charge in [-0.2, -0.15) is 0 Å². The SMILES string of the molecule is CCC(C)NC(=O)CCNC(=O)CSc1nnc(-c2ccco2)n1CC. The molecule has 2 heterocycles. The van der Waals surface area contributed by atoms with E-state index in [9.17, 15) is 9.59 Å². The van der Waals surface area contributed by atoms with E-state index in [0.717, 1.165) is 6.42 Å². The van der Waals surface area contributed by atoms with Gasteiger partial charge in [0.05, 0.1) is 12.0 Å². The molecule has 0 saturated carbocycles. The molecule has 2 N–H and O–H groups in total. The normalized spacial score (nSPS) is 12.0. The topological polar surface area (TPSA) is 102 Å². The number of carbonyl (C=O) groups excluding carboxylic acids is 2. The lowest BCUT2D eigenvalue weighted by Crippen LogP contribution is -2.35. The molecule has 0 saturated heterocycles. The molecule has 0 aliphatic carbocycles. The second-order valence-electron chi connectivity index (χ2n) is 5.79. The van der Waals surface area contributed by atoms with Crippen LogP contribution >= 0.6 is 11.8 Å². The lowest BCUT2D eigenvalue weighted by Gasteiger charge is -2.11. The standard InChI is InChI=1S/C17H25N5O3S/c1-4-12(3)19-14(23)8-9-18-15(24)11-26-17-21-20-16(22(17)5-2)13-7-6-10-25-13/h6-7,10,12H,4-5,8-9,11H2,1-3H3,(H,18,24)(H,19,23). The maximum absolute atomic E-state index is 12.0. The second-order valence-corrected chi connectivity index (χ2v) is 6.74. The van der Waals surface area contributed by atoms with Crippen molar-refractivity contribution in [1.29, 1.82) is 0 Å². The quantitative estimate of drug-likeness (QED) is 0.613. The zero-order valence-electron chi connectivity index (χ0n) is 15.3. The van der Waals surface area contributed by atoms with E-state index in [-0.39, 0.29) is 30.0 Å². The number of nitrogens with one attached hydrogen (secondary N) is 2. The van der Waals surface area contributed by atoms with Gasteiger partial charge in [-0.15, -0.1) is 10.2 Å². The summed E-state index contributed by atoms with van der Waals surface area (Å²) in [5.41, 5.74) is 0. The minimum absolute atomic E-state index is 0.0545. The van der Waals surface area contributed by atoms with Gasteiger partial charge < -0.3 is 15.1 Å². The summed E-state index contributed by atoms with van der Waals surface area (Å²) in [5, 5.41) is 14.6. The van der Waals surface area contributed by atoms with E-state index in [0.29, 0.717) is 29.8 Å². The first-order chi connectivity index (χ1) is 12.5. The Morgan fingerprint density at radius 1 is 1.31 bits per heavy atom. The number of thioether (sulfide) groups is 1. The van der Waals surface area contributed by atoms with Crippen LogP contribution in [0.2, 0.25) is 0 Å². The summed E-state index contributed by atoms with van der Waals surface area (Å²) >= 11 is 1.31. The summed E-state index contributed by atoms with van der Waals surface area (Å²) in [4.78, 5) is 23.6. The predicted molar refractivity (Wildman–Crippen MR) is 99.6 cm³/mol. The van der Waals surface area contributed by atoms with Gasteiger partial charge in [-0.3, -0.25) is 14.2 Å². The molecule has 0 fully saturated rings. The van der Waals surface area contributed by atoms with Crippen molar-refractivity contribution in [3.63, 3.8) is 0 Å². The maximum Gasteiger partial charge on any atom is 0.230 e. The van der Waals surface area contributed by atoms with Crippen LogP contribution in [0.4, 0.5) is 0 Å². The van der Waals surface area contributed by atoms with E-state index in [1.54, 1.807) is 12.3 Å². The fourth-order valence-electron chi connectivity index (χ4n) is 2.21. The molecule has 142 valence electrons. The molecule has 1 atom stereocenters. The van der Waals surface area contributed by atoms with Crippen LogP contribution in [0.1, 0.15) is 33.6 Å². The largest absolute Gasteiger partial charge is 0.461 e. The molecule has 0 aliphatic rings. The van der Waals surface area contributed by atoms with E-state index in [1.807, 2.05) is 31.4 Å². The van der Waals surface area contributed by atoms with E-state index >= 15 is 0 Å². The molecular weight excluding hydrogens is 354 g/mol. The van der Waals surface area contributed by atoms with Crippen LogP contribution in [0, 0.1) is 0 Å². The third kappa shape index (κ3) is 5.62. The molecule has 26 heavy (non-hydrogen) atoms. The molecule has 0 aliphatic heterocycles. The summed E-state index contributed by atoms with van der Waals surface area (Å²) in [5.74, 6) is 1.30. The van der Waals surface area contributed by atoms with Crippen LogP contribution < -0.4 is 10.6 Å². The summed E-state index contributed by atoms with van der Waals surface area (Å²) in [6.07, 6.45) is 2.74. The first kappa shape index (κ1) is 20.0. The molecule has 0 radical (unpaired) electrons. The zero-order chi connectivity index (χ0) is 18.9. The number of nitrogens with zero attached hydrogens (tertiary/aromatic N) is 3. The van der Waals surface area contributed by atoms with Gasteiger partial charge in [0.2, 0.25) is 11.8 Å². The predicted octanol–water partition coefficient (Wildman–Crippen LogP) is 2.07. The smallest absolute Gasteiger partial charge is 0.230 e. The molecule has 1 unspecified atom stereocenters. The molecule has 2 amide bonds. The van der Waals surface area contributed by atoms with E-state index in [2.05, 4.69) is 20.8 Å². The number of rotatable bonds is 10. The minimum Gasteiger partial charge on any atom is -0.461 e. The van der Waals surface area contributed by atoms with Gasteiger partial charge in [0.25, 0.3) is 0 Å². The third-order valence-electron chi connectivity index (χ3n) is 3.80. The van der Waals surface area contributed by atoms with Gasteiger partial charge in [0.15, 0.2) is 16.7 Å². The number of hydrogen-bond acceptors (Lipinski definition) is 6. The molecule has 2 aromatic rings. The van der Waals surface area contributed by atoms with Crippen LogP contribution in [0.15, 0.2) is 28.0 Å². The Morgan fingerprint density at radius 3 is 2.77 bits per heavy atom. The molecule has 9 heteroatoms. The fourth-order valence-corrected chi connectivity index (χ4v) is 3.05. The lowest BCUT2D eigenvalue weighted by molar-refractivity contribution is -0.122. The number of aromatic nitrogens is 3. The highest BCUT2D eigenvalue weighted by Gasteiger charge is 2.16. The highest BCUT2D eigenvalue weighted by molar-refractivity contribution is 7.99. The Morgan fingerprint density at radius 2 is 2.12 bits per heavy atom. The van der Waals surface area contributed by atoms with Gasteiger partial charge in [0, 0.05) is 25.6 Å². The minimum atomic E-state index is -0.142. The van der Waals surface area contributed by atoms with Gasteiger partial charge in [-0.25, -0.2) is 0 Å². The molecule has 0 aromatic carbocycles. The first-order valence-corrected chi connectivity index (χ1v) is 9.69. The van der Waals surface area contributed by atoms with E-state index in [4.69, 9.17) is 4.42 Å². The average molecular weight is 379 g/mol. The van der Waals surface area contributed by atoms with Crippen molar-refractivity contribution in [2.75, 3.05) is 12.3 Å². The lowest BCUT2D eigenvalue weighted by atomic mass is 10.2. The van der Waals surface area contributed by atoms with Crippen molar-refractivity contribution >= 4 is 23.6 Å². The molecule has 2 rings (SSSR count). The van der Waals surface area contributed by atoms with Crippen LogP contribution in [-0.2, 0) is 16.1 Å². The highest BCUT2D eigenvalue weighted by Crippen LogP contribution is 2.23. The highest BCUT2D eigenvalue weighted by atomic mass is 32.2. The van der Waals surface area contributed by atoms with Crippen molar-refractivity contribution < 1.29 is 14.0 Å². The number of furan rings is 1. The average Bonchev–Trinajstić information content (AvgIpc) is 3.28. The Labute approximate surface area is 157 Å². The molecule has 0 bridgehead atoms. The molecular formula is C17H25N5O3S. The monoisotopic (exact) mass is 379 g/mol. The fraction of sp³-hybridized carbons (Fsp3) is 0.529. The third-order valence-corrected chi connectivity index (χ3v) is 4.77. The van der Waals surface area contributed by atoms with Gasteiger partial charge in [-0.1, -0.05) is 18.7 Å². The van der Waals surface area contributed by atoms with Crippen molar-refractivity contribution in [2.45, 2.75) is 51.4 Å². The van der Waals surface area contributed by atoms with E-state index < -0.39 is 0 Å². The molecule has 2 aromatic heterocycles. The summed E-state index contributed by atoms with van der Waals surface area (Å²) < 4.78 is 7.26. The number of carbonyl (C=O) groups is 2. The van der Waals surface area contributed by atoms with Crippen molar-refractivity contribution in [1.82, 2.24) is 25.4 Å². The van der Waals surface area contributed by atoms with Crippen LogP contribution in [0.3, 0.4) is 0 Å². The van der Waals surface area contributed by atoms with E-state index in [1.165, 1.54) is 11.8 Å². The maximum atomic E-state index is 12.0. The number of amides is 2. The second kappa shape index (κ2) is 10.0. The van der Waals surface area contributed by atoms with Gasteiger partial charge in [-0.05, 0) is 32.4 Å². The van der Waals surface area contributed by atoms with Gasteiger partial charge in [0.1, 0.15) is 0 Å². The molecule has 0 spiro atoms. The summed E-state index contributed by atoms with van der Waals surface area (Å²) in [7, 11) is 0. The Balaban J connectivity index is 1.78.